The van der Waals surface area contributed by atoms with Crippen LogP contribution in [-0.2, 0) is 0 Å². The minimum Gasteiger partial charge on any atom is -0.387 e. The first kappa shape index (κ1) is 10.1. The van der Waals surface area contributed by atoms with Gasteiger partial charge in [0.15, 0.2) is 0 Å². The average molecular weight is 210 g/mol. The molecule has 0 saturated heterocycles. The zero-order chi connectivity index (χ0) is 11.0. The number of hydrogen-bond acceptors (Lipinski definition) is 2. The third kappa shape index (κ3) is 1.98. The van der Waals surface area contributed by atoms with Gasteiger partial charge < -0.3 is 5.73 Å². The Balaban J connectivity index is 2.31. The fourth-order valence-corrected chi connectivity index (χ4v) is 1.79. The molecule has 1 aliphatic heterocycles. The molecule has 0 fully saturated rings. The predicted molar refractivity (Wildman–Crippen MR) is 54.5 cm³/mol. The Hall–Kier alpha value is -1.45. The molecule has 0 aromatic heterocycles. The highest BCUT2D eigenvalue weighted by Gasteiger charge is 2.24. The van der Waals surface area contributed by atoms with Crippen molar-refractivity contribution in [3.63, 3.8) is 0 Å². The Morgan fingerprint density at radius 1 is 1.27 bits per heavy atom. The van der Waals surface area contributed by atoms with Crippen LogP contribution in [0.4, 0.5) is 8.78 Å². The molecule has 1 aromatic carbocycles. The van der Waals surface area contributed by atoms with Gasteiger partial charge in [0.1, 0.15) is 11.6 Å². The molecule has 1 heterocycles. The summed E-state index contributed by atoms with van der Waals surface area (Å²) in [6, 6.07) is 3.27. The second kappa shape index (κ2) is 3.61. The Morgan fingerprint density at radius 2 is 1.87 bits per heavy atom. The summed E-state index contributed by atoms with van der Waals surface area (Å²) in [4.78, 5) is 4.18. The minimum atomic E-state index is -0.571. The number of halogens is 2. The molecule has 0 saturated carbocycles. The molecule has 0 bridgehead atoms. The summed E-state index contributed by atoms with van der Waals surface area (Å²) >= 11 is 0. The Morgan fingerprint density at radius 3 is 2.33 bits per heavy atom. The lowest BCUT2D eigenvalue weighted by Crippen LogP contribution is -2.15. The Labute approximate surface area is 86.8 Å². The number of nitrogens with two attached hydrogens (primary N) is 1. The van der Waals surface area contributed by atoms with Crippen molar-refractivity contribution in [1.82, 2.24) is 0 Å². The van der Waals surface area contributed by atoms with E-state index in [-0.39, 0.29) is 12.0 Å². The quantitative estimate of drug-likeness (QED) is 0.759. The van der Waals surface area contributed by atoms with Crippen LogP contribution in [0.3, 0.4) is 0 Å². The monoisotopic (exact) mass is 210 g/mol. The van der Waals surface area contributed by atoms with Crippen molar-refractivity contribution in [1.29, 1.82) is 0 Å². The van der Waals surface area contributed by atoms with Gasteiger partial charge in [-0.05, 0) is 24.1 Å². The smallest absolute Gasteiger partial charge is 0.126 e. The van der Waals surface area contributed by atoms with Crippen molar-refractivity contribution in [3.05, 3.63) is 35.4 Å². The van der Waals surface area contributed by atoms with Crippen LogP contribution in [0.1, 0.15) is 24.9 Å². The zero-order valence-electron chi connectivity index (χ0n) is 8.37. The van der Waals surface area contributed by atoms with Crippen LogP contribution in [-0.4, -0.2) is 5.84 Å². The van der Waals surface area contributed by atoms with Gasteiger partial charge in [0.2, 0.25) is 0 Å². The topological polar surface area (TPSA) is 38.4 Å². The fourth-order valence-electron chi connectivity index (χ4n) is 1.79. The highest BCUT2D eigenvalue weighted by molar-refractivity contribution is 5.84. The largest absolute Gasteiger partial charge is 0.387 e. The zero-order valence-corrected chi connectivity index (χ0v) is 8.37. The van der Waals surface area contributed by atoms with Gasteiger partial charge in [-0.25, -0.2) is 8.78 Å². The summed E-state index contributed by atoms with van der Waals surface area (Å²) in [5, 5.41) is 0. The number of nitrogens with zero attached hydrogens (tertiary/aromatic N) is 1. The van der Waals surface area contributed by atoms with E-state index >= 15 is 0 Å². The van der Waals surface area contributed by atoms with E-state index in [1.807, 2.05) is 6.92 Å². The van der Waals surface area contributed by atoms with E-state index < -0.39 is 11.6 Å². The van der Waals surface area contributed by atoms with Gasteiger partial charge in [-0.2, -0.15) is 0 Å². The Bertz CT molecular complexity index is 395. The van der Waals surface area contributed by atoms with Crippen LogP contribution in [0, 0.1) is 17.6 Å². The lowest BCUT2D eigenvalue weighted by Gasteiger charge is -2.08. The molecule has 80 valence electrons. The maximum absolute atomic E-state index is 13.0. The van der Waals surface area contributed by atoms with Crippen LogP contribution < -0.4 is 5.73 Å². The molecule has 2 rings (SSSR count). The van der Waals surface area contributed by atoms with Crippen LogP contribution in [0.5, 0.6) is 0 Å². The van der Waals surface area contributed by atoms with Crippen molar-refractivity contribution in [2.75, 3.05) is 0 Å². The van der Waals surface area contributed by atoms with Crippen LogP contribution in [0.2, 0.25) is 0 Å². The molecule has 0 amide bonds. The van der Waals surface area contributed by atoms with E-state index in [4.69, 9.17) is 5.73 Å². The normalized spacial score (nSPS) is 25.4. The summed E-state index contributed by atoms with van der Waals surface area (Å²) in [5.41, 5.74) is 6.20. The summed E-state index contributed by atoms with van der Waals surface area (Å²) in [5.74, 6) is -0.400. The Kier molecular flexibility index (Phi) is 2.42. The first-order valence-electron chi connectivity index (χ1n) is 4.85. The van der Waals surface area contributed by atoms with Gasteiger partial charge in [-0.3, -0.25) is 4.99 Å². The van der Waals surface area contributed by atoms with Crippen LogP contribution in [0.15, 0.2) is 23.2 Å². The molecule has 2 atom stereocenters. The summed E-state index contributed by atoms with van der Waals surface area (Å²) < 4.78 is 25.9. The molecule has 0 spiro atoms. The van der Waals surface area contributed by atoms with Crippen molar-refractivity contribution >= 4 is 5.84 Å². The van der Waals surface area contributed by atoms with E-state index in [0.717, 1.165) is 6.07 Å². The first-order valence-corrected chi connectivity index (χ1v) is 4.85. The maximum atomic E-state index is 13.0. The number of hydrogen-bond donors (Lipinski definition) is 1. The van der Waals surface area contributed by atoms with Crippen LogP contribution >= 0.6 is 0 Å². The van der Waals surface area contributed by atoms with Crippen LogP contribution in [0.25, 0.3) is 0 Å². The average Bonchev–Trinajstić information content (AvgIpc) is 2.45. The molecular weight excluding hydrogens is 198 g/mol. The third-order valence-electron chi connectivity index (χ3n) is 2.66. The summed E-state index contributed by atoms with van der Waals surface area (Å²) in [7, 11) is 0. The molecule has 2 unspecified atom stereocenters. The van der Waals surface area contributed by atoms with Gasteiger partial charge in [0, 0.05) is 12.0 Å². The molecule has 1 aliphatic rings. The number of rotatable bonds is 1. The SMILES string of the molecule is CC1CC(c2cc(F)cc(F)c2)N=C1N. The van der Waals surface area contributed by atoms with Crippen molar-refractivity contribution in [3.8, 4) is 0 Å². The number of aliphatic imine (C=N–C) groups is 1. The maximum Gasteiger partial charge on any atom is 0.126 e. The van der Waals surface area contributed by atoms with Gasteiger partial charge in [-0.15, -0.1) is 0 Å². The van der Waals surface area contributed by atoms with Gasteiger partial charge >= 0.3 is 0 Å². The van der Waals surface area contributed by atoms with Crippen molar-refractivity contribution in [2.45, 2.75) is 19.4 Å². The highest BCUT2D eigenvalue weighted by Crippen LogP contribution is 2.31. The lowest BCUT2D eigenvalue weighted by atomic mass is 9.99. The molecule has 15 heavy (non-hydrogen) atoms. The molecule has 1 aromatic rings. The van der Waals surface area contributed by atoms with Gasteiger partial charge in [0.05, 0.1) is 11.9 Å². The third-order valence-corrected chi connectivity index (χ3v) is 2.66. The second-order valence-electron chi connectivity index (χ2n) is 3.91. The van der Waals surface area contributed by atoms with E-state index in [2.05, 4.69) is 4.99 Å². The molecule has 2 N–H and O–H groups in total. The molecule has 2 nitrogen and oxygen atoms in total. The van der Waals surface area contributed by atoms with Gasteiger partial charge in [0.25, 0.3) is 0 Å². The van der Waals surface area contributed by atoms with Crippen molar-refractivity contribution in [2.24, 2.45) is 16.6 Å². The predicted octanol–water partition coefficient (Wildman–Crippen LogP) is 2.40. The number of benzene rings is 1. The molecular formula is C11H12F2N2. The minimum absolute atomic E-state index is 0.182. The number of amidine groups is 1. The molecule has 4 heteroatoms. The second-order valence-corrected chi connectivity index (χ2v) is 3.91. The standard InChI is InChI=1S/C11H12F2N2/c1-6-2-10(15-11(6)14)7-3-8(12)5-9(13)4-7/h3-6,10H,2H2,1H3,(H2,14,15). The van der Waals surface area contributed by atoms with E-state index in [1.54, 1.807) is 0 Å². The fraction of sp³-hybridized carbons (Fsp3) is 0.364. The molecule has 0 radical (unpaired) electrons. The molecule has 0 aliphatic carbocycles. The van der Waals surface area contributed by atoms with Gasteiger partial charge in [-0.1, -0.05) is 6.92 Å². The highest BCUT2D eigenvalue weighted by atomic mass is 19.1. The first-order chi connectivity index (χ1) is 7.06. The van der Waals surface area contributed by atoms with E-state index in [0.29, 0.717) is 17.8 Å². The lowest BCUT2D eigenvalue weighted by molar-refractivity contribution is 0.566. The van der Waals surface area contributed by atoms with Crippen molar-refractivity contribution < 1.29 is 8.78 Å². The summed E-state index contributed by atoms with van der Waals surface area (Å²) in [6.07, 6.45) is 0.717. The van der Waals surface area contributed by atoms with E-state index in [9.17, 15) is 8.78 Å². The summed E-state index contributed by atoms with van der Waals surface area (Å²) in [6.45, 7) is 1.95. The van der Waals surface area contributed by atoms with E-state index in [1.165, 1.54) is 12.1 Å².